The monoisotopic (exact) mass is 785 g/mol. The highest BCUT2D eigenvalue weighted by atomic mass is 16.6. The highest BCUT2D eigenvalue weighted by Crippen LogP contribution is 2.14. The number of hydrogen-bond donors (Lipinski definition) is 0. The summed E-state index contributed by atoms with van der Waals surface area (Å²) in [5.74, 6) is -0.906. The van der Waals surface area contributed by atoms with E-state index in [9.17, 15) is 14.4 Å². The zero-order valence-corrected chi connectivity index (χ0v) is 36.9. The first kappa shape index (κ1) is 53.4. The number of ether oxygens (including phenoxy) is 3. The maximum atomic E-state index is 12.7. The summed E-state index contributed by atoms with van der Waals surface area (Å²) in [6, 6.07) is 0. The molecule has 0 rings (SSSR count). The molecule has 0 aromatic heterocycles. The first-order chi connectivity index (χ1) is 27.5. The van der Waals surface area contributed by atoms with E-state index in [0.29, 0.717) is 19.3 Å². The van der Waals surface area contributed by atoms with Crippen LogP contribution in [0.2, 0.25) is 0 Å². The second-order valence-electron chi connectivity index (χ2n) is 15.6. The summed E-state index contributed by atoms with van der Waals surface area (Å²) in [6.07, 6.45) is 52.3. The molecule has 1 unspecified atom stereocenters. The molecule has 0 aromatic rings. The number of rotatable bonds is 42. The molecule has 324 valence electrons. The third-order valence-electron chi connectivity index (χ3n) is 10.1. The van der Waals surface area contributed by atoms with Crippen LogP contribution in [0.1, 0.15) is 233 Å². The molecule has 6 heteroatoms. The molecule has 6 nitrogen and oxygen atoms in total. The number of allylic oxidation sites excluding steroid dienone is 8. The summed E-state index contributed by atoms with van der Waals surface area (Å²) in [5.41, 5.74) is 0. The van der Waals surface area contributed by atoms with Crippen LogP contribution in [-0.4, -0.2) is 37.2 Å². The van der Waals surface area contributed by atoms with Gasteiger partial charge in [0.2, 0.25) is 0 Å². The van der Waals surface area contributed by atoms with E-state index in [1.807, 2.05) is 0 Å². The van der Waals surface area contributed by atoms with Crippen molar-refractivity contribution in [2.75, 3.05) is 13.2 Å². The van der Waals surface area contributed by atoms with Gasteiger partial charge in [-0.3, -0.25) is 14.4 Å². The molecule has 1 atom stereocenters. The molecule has 0 heterocycles. The van der Waals surface area contributed by atoms with Gasteiger partial charge in [-0.05, 0) is 70.6 Å². The van der Waals surface area contributed by atoms with Crippen LogP contribution in [0.5, 0.6) is 0 Å². The number of carbonyl (C=O) groups excluding carboxylic acids is 3. The van der Waals surface area contributed by atoms with Gasteiger partial charge in [-0.2, -0.15) is 0 Å². The number of esters is 3. The van der Waals surface area contributed by atoms with Crippen LogP contribution in [0, 0.1) is 0 Å². The van der Waals surface area contributed by atoms with Crippen molar-refractivity contribution < 1.29 is 28.6 Å². The molecular formula is C50H88O6. The Hall–Kier alpha value is -2.63. The van der Waals surface area contributed by atoms with Crippen molar-refractivity contribution in [2.24, 2.45) is 0 Å². The molecule has 0 aliphatic rings. The maximum absolute atomic E-state index is 12.7. The zero-order chi connectivity index (χ0) is 40.8. The number of unbranched alkanes of at least 4 members (excludes halogenated alkanes) is 23. The Kier molecular flexibility index (Phi) is 43.0. The Bertz CT molecular complexity index is 996. The lowest BCUT2D eigenvalue weighted by Gasteiger charge is -2.18. The van der Waals surface area contributed by atoms with Crippen molar-refractivity contribution in [3.05, 3.63) is 48.6 Å². The second-order valence-corrected chi connectivity index (χ2v) is 15.6. The van der Waals surface area contributed by atoms with Crippen molar-refractivity contribution in [2.45, 2.75) is 239 Å². The van der Waals surface area contributed by atoms with Gasteiger partial charge in [0.25, 0.3) is 0 Å². The highest BCUT2D eigenvalue weighted by Gasteiger charge is 2.19. The van der Waals surface area contributed by atoms with Crippen LogP contribution in [-0.2, 0) is 28.6 Å². The smallest absolute Gasteiger partial charge is 0.306 e. The Morgan fingerprint density at radius 2 is 0.714 bits per heavy atom. The fraction of sp³-hybridized carbons (Fsp3) is 0.780. The van der Waals surface area contributed by atoms with E-state index < -0.39 is 6.10 Å². The lowest BCUT2D eigenvalue weighted by Crippen LogP contribution is -2.30. The van der Waals surface area contributed by atoms with Gasteiger partial charge in [0.1, 0.15) is 13.2 Å². The summed E-state index contributed by atoms with van der Waals surface area (Å²) in [6.45, 7) is 6.46. The van der Waals surface area contributed by atoms with Gasteiger partial charge in [-0.25, -0.2) is 0 Å². The van der Waals surface area contributed by atoms with E-state index >= 15 is 0 Å². The van der Waals surface area contributed by atoms with Crippen molar-refractivity contribution in [3.63, 3.8) is 0 Å². The molecule has 0 aromatic carbocycles. The Morgan fingerprint density at radius 1 is 0.375 bits per heavy atom. The molecule has 0 N–H and O–H groups in total. The van der Waals surface area contributed by atoms with E-state index in [1.54, 1.807) is 0 Å². The van der Waals surface area contributed by atoms with Crippen molar-refractivity contribution >= 4 is 17.9 Å². The van der Waals surface area contributed by atoms with E-state index in [-0.39, 0.29) is 31.1 Å². The average Bonchev–Trinajstić information content (AvgIpc) is 3.19. The first-order valence-electron chi connectivity index (χ1n) is 23.6. The number of carbonyl (C=O) groups is 3. The Labute approximate surface area is 346 Å². The van der Waals surface area contributed by atoms with Crippen LogP contribution >= 0.6 is 0 Å². The summed E-state index contributed by atoms with van der Waals surface area (Å²) in [7, 11) is 0. The molecule has 0 radical (unpaired) electrons. The molecule has 0 spiro atoms. The third kappa shape index (κ3) is 42.5. The van der Waals surface area contributed by atoms with E-state index in [1.165, 1.54) is 89.9 Å². The molecule has 0 saturated carbocycles. The molecule has 0 saturated heterocycles. The zero-order valence-electron chi connectivity index (χ0n) is 36.9. The van der Waals surface area contributed by atoms with Crippen LogP contribution in [0.15, 0.2) is 48.6 Å². The highest BCUT2D eigenvalue weighted by molar-refractivity contribution is 5.71. The predicted molar refractivity (Wildman–Crippen MR) is 238 cm³/mol. The Morgan fingerprint density at radius 3 is 1.16 bits per heavy atom. The summed E-state index contributed by atoms with van der Waals surface area (Å²) in [5, 5.41) is 0. The van der Waals surface area contributed by atoms with Gasteiger partial charge in [0.05, 0.1) is 0 Å². The van der Waals surface area contributed by atoms with Crippen LogP contribution in [0.3, 0.4) is 0 Å². The molecule has 0 aliphatic carbocycles. The third-order valence-corrected chi connectivity index (χ3v) is 10.1. The normalized spacial score (nSPS) is 12.4. The van der Waals surface area contributed by atoms with E-state index in [4.69, 9.17) is 14.2 Å². The lowest BCUT2D eigenvalue weighted by molar-refractivity contribution is -0.167. The van der Waals surface area contributed by atoms with E-state index in [2.05, 4.69) is 69.4 Å². The summed E-state index contributed by atoms with van der Waals surface area (Å²) < 4.78 is 16.7. The van der Waals surface area contributed by atoms with Crippen LogP contribution in [0.4, 0.5) is 0 Å². The standard InChI is InChI=1S/C50H88O6/c1-4-7-10-13-16-19-22-24-25-26-29-31-34-37-40-43-49(52)55-46-47(45-54-48(51)42-39-36-33-30-27-21-18-15-12-9-6-3)56-50(53)44-41-38-35-32-28-23-20-17-14-11-8-5-2/h7,10,15-16,18-19,24-25,47H,4-6,8-9,11-14,17,20-23,26-46H2,1-3H3/b10-7-,18-15-,19-16-,25-24-. The predicted octanol–water partition coefficient (Wildman–Crippen LogP) is 15.1. The van der Waals surface area contributed by atoms with Gasteiger partial charge in [-0.15, -0.1) is 0 Å². The molecule has 0 aliphatic heterocycles. The first-order valence-corrected chi connectivity index (χ1v) is 23.6. The van der Waals surface area contributed by atoms with Gasteiger partial charge in [0.15, 0.2) is 6.10 Å². The quantitative estimate of drug-likeness (QED) is 0.0265. The summed E-state index contributed by atoms with van der Waals surface area (Å²) >= 11 is 0. The van der Waals surface area contributed by atoms with Gasteiger partial charge < -0.3 is 14.2 Å². The number of hydrogen-bond acceptors (Lipinski definition) is 6. The van der Waals surface area contributed by atoms with Gasteiger partial charge >= 0.3 is 17.9 Å². The molecular weight excluding hydrogens is 697 g/mol. The minimum atomic E-state index is -0.778. The fourth-order valence-corrected chi connectivity index (χ4v) is 6.50. The SMILES string of the molecule is CC/C=C\C/C=C\C/C=C\CCCCCCCC(=O)OCC(COC(=O)CCCCCCC/C=C\CCCC)OC(=O)CCCCCCCCCCCCCC. The maximum Gasteiger partial charge on any atom is 0.306 e. The fourth-order valence-electron chi connectivity index (χ4n) is 6.50. The van der Waals surface area contributed by atoms with Crippen molar-refractivity contribution in [3.8, 4) is 0 Å². The van der Waals surface area contributed by atoms with Crippen LogP contribution in [0.25, 0.3) is 0 Å². The van der Waals surface area contributed by atoms with Gasteiger partial charge in [0, 0.05) is 19.3 Å². The molecule has 0 fully saturated rings. The minimum Gasteiger partial charge on any atom is -0.462 e. The van der Waals surface area contributed by atoms with Crippen molar-refractivity contribution in [1.82, 2.24) is 0 Å². The molecule has 0 amide bonds. The Balaban J connectivity index is 4.39. The van der Waals surface area contributed by atoms with Crippen molar-refractivity contribution in [1.29, 1.82) is 0 Å². The topological polar surface area (TPSA) is 78.9 Å². The van der Waals surface area contributed by atoms with Gasteiger partial charge in [-0.1, -0.05) is 191 Å². The molecule has 56 heavy (non-hydrogen) atoms. The minimum absolute atomic E-state index is 0.0816. The molecule has 0 bridgehead atoms. The lowest BCUT2D eigenvalue weighted by atomic mass is 10.0. The van der Waals surface area contributed by atoms with Crippen LogP contribution < -0.4 is 0 Å². The second kappa shape index (κ2) is 45.1. The average molecular weight is 785 g/mol. The largest absolute Gasteiger partial charge is 0.462 e. The van der Waals surface area contributed by atoms with E-state index in [0.717, 1.165) is 103 Å². The summed E-state index contributed by atoms with van der Waals surface area (Å²) in [4.78, 5) is 37.8.